The lowest BCUT2D eigenvalue weighted by molar-refractivity contribution is -0.125. The van der Waals surface area contributed by atoms with Crippen molar-refractivity contribution in [2.75, 3.05) is 19.6 Å². The number of amides is 2. The lowest BCUT2D eigenvalue weighted by Crippen LogP contribution is -2.58. The van der Waals surface area contributed by atoms with Crippen molar-refractivity contribution in [1.82, 2.24) is 14.8 Å². The fourth-order valence-corrected chi connectivity index (χ4v) is 2.95. The van der Waals surface area contributed by atoms with Gasteiger partial charge in [0.2, 0.25) is 5.91 Å². The molecule has 2 N–H and O–H groups in total. The number of benzene rings is 1. The number of carbonyl (C=O) groups excluding carboxylic acids is 2. The second kappa shape index (κ2) is 7.23. The van der Waals surface area contributed by atoms with Crippen molar-refractivity contribution in [3.8, 4) is 0 Å². The van der Waals surface area contributed by atoms with Crippen molar-refractivity contribution < 1.29 is 9.59 Å². The monoisotopic (exact) mass is 324 g/mol. The number of primary amides is 1. The van der Waals surface area contributed by atoms with Crippen molar-refractivity contribution in [1.29, 1.82) is 0 Å². The maximum Gasteiger partial charge on any atom is 0.255 e. The average Bonchev–Trinajstić information content (AvgIpc) is 2.63. The highest BCUT2D eigenvalue weighted by Gasteiger charge is 2.33. The third-order valence-corrected chi connectivity index (χ3v) is 4.24. The van der Waals surface area contributed by atoms with Gasteiger partial charge in [-0.3, -0.25) is 19.5 Å². The van der Waals surface area contributed by atoms with Crippen LogP contribution in [0.3, 0.4) is 0 Å². The molecule has 1 aromatic heterocycles. The quantitative estimate of drug-likeness (QED) is 0.906. The van der Waals surface area contributed by atoms with E-state index in [1.165, 1.54) is 6.20 Å². The average molecular weight is 324 g/mol. The highest BCUT2D eigenvalue weighted by Crippen LogP contribution is 2.16. The third kappa shape index (κ3) is 3.60. The maximum atomic E-state index is 12.5. The minimum absolute atomic E-state index is 0.117. The van der Waals surface area contributed by atoms with Crippen LogP contribution >= 0.6 is 0 Å². The summed E-state index contributed by atoms with van der Waals surface area (Å²) in [5, 5.41) is 0. The van der Waals surface area contributed by atoms with Gasteiger partial charge in [0.25, 0.3) is 5.91 Å². The number of nitrogens with two attached hydrogens (primary N) is 1. The molecular weight excluding hydrogens is 304 g/mol. The number of aromatic nitrogens is 1. The van der Waals surface area contributed by atoms with Gasteiger partial charge < -0.3 is 10.6 Å². The Hall–Kier alpha value is -2.73. The molecule has 6 heteroatoms. The molecular formula is C18H20N4O2. The minimum Gasteiger partial charge on any atom is -0.368 e. The molecule has 2 amide bonds. The minimum atomic E-state index is -0.487. The van der Waals surface area contributed by atoms with Crippen molar-refractivity contribution in [3.05, 3.63) is 66.0 Å². The Morgan fingerprint density at radius 1 is 1.12 bits per heavy atom. The van der Waals surface area contributed by atoms with Crippen LogP contribution in [-0.4, -0.2) is 52.3 Å². The molecule has 0 spiro atoms. The standard InChI is InChI=1S/C18H20N4O2/c19-17(23)16-13-22(18(24)15-7-4-8-20-11-15)10-9-21(16)12-14-5-2-1-3-6-14/h1-8,11,16H,9-10,12-13H2,(H2,19,23)/t16-/m1/s1. The molecule has 1 aromatic carbocycles. The number of pyridine rings is 1. The third-order valence-electron chi connectivity index (χ3n) is 4.24. The van der Waals surface area contributed by atoms with Gasteiger partial charge in [0.05, 0.1) is 5.56 Å². The number of hydrogen-bond acceptors (Lipinski definition) is 4. The van der Waals surface area contributed by atoms with E-state index < -0.39 is 11.9 Å². The Balaban J connectivity index is 1.71. The van der Waals surface area contributed by atoms with Gasteiger partial charge in [0, 0.05) is 38.6 Å². The zero-order valence-electron chi connectivity index (χ0n) is 13.3. The number of rotatable bonds is 4. The summed E-state index contributed by atoms with van der Waals surface area (Å²) >= 11 is 0. The SMILES string of the molecule is NC(=O)[C@H]1CN(C(=O)c2cccnc2)CCN1Cc1ccccc1. The second-order valence-corrected chi connectivity index (χ2v) is 5.87. The second-order valence-electron chi connectivity index (χ2n) is 5.87. The van der Waals surface area contributed by atoms with Crippen LogP contribution < -0.4 is 5.73 Å². The van der Waals surface area contributed by atoms with Crippen LogP contribution in [0.2, 0.25) is 0 Å². The summed E-state index contributed by atoms with van der Waals surface area (Å²) in [6.45, 7) is 2.11. The van der Waals surface area contributed by atoms with Gasteiger partial charge in [0.15, 0.2) is 0 Å². The summed E-state index contributed by atoms with van der Waals surface area (Å²) < 4.78 is 0. The van der Waals surface area contributed by atoms with Crippen molar-refractivity contribution in [2.24, 2.45) is 5.73 Å². The van der Waals surface area contributed by atoms with Crippen LogP contribution in [-0.2, 0) is 11.3 Å². The maximum absolute atomic E-state index is 12.5. The lowest BCUT2D eigenvalue weighted by Gasteiger charge is -2.39. The smallest absolute Gasteiger partial charge is 0.255 e. The van der Waals surface area contributed by atoms with Crippen molar-refractivity contribution >= 4 is 11.8 Å². The largest absolute Gasteiger partial charge is 0.368 e. The lowest BCUT2D eigenvalue weighted by atomic mass is 10.1. The van der Waals surface area contributed by atoms with E-state index in [0.29, 0.717) is 31.7 Å². The summed E-state index contributed by atoms with van der Waals surface area (Å²) in [6, 6.07) is 12.9. The Kier molecular flexibility index (Phi) is 4.86. The molecule has 0 aliphatic carbocycles. The zero-order chi connectivity index (χ0) is 16.9. The Bertz CT molecular complexity index is 705. The number of nitrogens with zero attached hydrogens (tertiary/aromatic N) is 3. The summed E-state index contributed by atoms with van der Waals surface area (Å²) in [5.74, 6) is -0.525. The van der Waals surface area contributed by atoms with Gasteiger partial charge >= 0.3 is 0 Å². The van der Waals surface area contributed by atoms with Gasteiger partial charge in [-0.25, -0.2) is 0 Å². The van der Waals surface area contributed by atoms with E-state index in [1.54, 1.807) is 23.2 Å². The first-order chi connectivity index (χ1) is 11.6. The number of piperazine rings is 1. The summed E-state index contributed by atoms with van der Waals surface area (Å²) in [7, 11) is 0. The number of carbonyl (C=O) groups is 2. The molecule has 0 saturated carbocycles. The molecule has 0 unspecified atom stereocenters. The molecule has 6 nitrogen and oxygen atoms in total. The van der Waals surface area contributed by atoms with Gasteiger partial charge in [-0.15, -0.1) is 0 Å². The molecule has 124 valence electrons. The topological polar surface area (TPSA) is 79.5 Å². The highest BCUT2D eigenvalue weighted by atomic mass is 16.2. The van der Waals surface area contributed by atoms with E-state index in [4.69, 9.17) is 5.73 Å². The van der Waals surface area contributed by atoms with Gasteiger partial charge in [-0.05, 0) is 17.7 Å². The molecule has 1 fully saturated rings. The fourth-order valence-electron chi connectivity index (χ4n) is 2.95. The van der Waals surface area contributed by atoms with Crippen LogP contribution in [0.25, 0.3) is 0 Å². The number of hydrogen-bond donors (Lipinski definition) is 1. The predicted octanol–water partition coefficient (Wildman–Crippen LogP) is 0.893. The van der Waals surface area contributed by atoms with E-state index in [0.717, 1.165) is 5.56 Å². The van der Waals surface area contributed by atoms with Crippen molar-refractivity contribution in [3.63, 3.8) is 0 Å². The van der Waals surface area contributed by atoms with Crippen LogP contribution in [0.1, 0.15) is 15.9 Å². The summed E-state index contributed by atoms with van der Waals surface area (Å²) in [5.41, 5.74) is 7.23. The highest BCUT2D eigenvalue weighted by molar-refractivity contribution is 5.94. The summed E-state index contributed by atoms with van der Waals surface area (Å²) in [4.78, 5) is 32.1. The Morgan fingerprint density at radius 2 is 1.92 bits per heavy atom. The first-order valence-corrected chi connectivity index (χ1v) is 7.92. The van der Waals surface area contributed by atoms with E-state index in [2.05, 4.69) is 4.98 Å². The van der Waals surface area contributed by atoms with E-state index in [-0.39, 0.29) is 5.91 Å². The first kappa shape index (κ1) is 16.1. The van der Waals surface area contributed by atoms with Crippen molar-refractivity contribution in [2.45, 2.75) is 12.6 Å². The van der Waals surface area contributed by atoms with Crippen LogP contribution in [0, 0.1) is 0 Å². The van der Waals surface area contributed by atoms with E-state index in [1.807, 2.05) is 35.2 Å². The molecule has 24 heavy (non-hydrogen) atoms. The fraction of sp³-hybridized carbons (Fsp3) is 0.278. The molecule has 1 atom stereocenters. The normalized spacial score (nSPS) is 18.3. The van der Waals surface area contributed by atoms with Gasteiger partial charge in [-0.2, -0.15) is 0 Å². The molecule has 2 heterocycles. The van der Waals surface area contributed by atoms with Crippen LogP contribution in [0.5, 0.6) is 0 Å². The molecule has 1 aliphatic rings. The van der Waals surface area contributed by atoms with E-state index in [9.17, 15) is 9.59 Å². The zero-order valence-corrected chi connectivity index (χ0v) is 13.3. The van der Waals surface area contributed by atoms with Crippen LogP contribution in [0.4, 0.5) is 0 Å². The molecule has 0 radical (unpaired) electrons. The predicted molar refractivity (Wildman–Crippen MR) is 90.0 cm³/mol. The Labute approximate surface area is 140 Å². The molecule has 3 rings (SSSR count). The molecule has 2 aromatic rings. The Morgan fingerprint density at radius 3 is 2.58 bits per heavy atom. The summed E-state index contributed by atoms with van der Waals surface area (Å²) in [6.07, 6.45) is 3.17. The van der Waals surface area contributed by atoms with Crippen LogP contribution in [0.15, 0.2) is 54.9 Å². The molecule has 1 saturated heterocycles. The molecule has 1 aliphatic heterocycles. The van der Waals surface area contributed by atoms with Gasteiger partial charge in [0.1, 0.15) is 6.04 Å². The first-order valence-electron chi connectivity index (χ1n) is 7.92. The molecule has 0 bridgehead atoms. The van der Waals surface area contributed by atoms with E-state index >= 15 is 0 Å². The van der Waals surface area contributed by atoms with Gasteiger partial charge in [-0.1, -0.05) is 30.3 Å².